The fraction of sp³-hybridized carbons (Fsp3) is 0.0870. The molecule has 0 amide bonds. The summed E-state index contributed by atoms with van der Waals surface area (Å²) in [4.78, 5) is 15.8. The van der Waals surface area contributed by atoms with E-state index in [1.807, 2.05) is 30.3 Å². The van der Waals surface area contributed by atoms with Crippen LogP contribution in [-0.4, -0.2) is 12.1 Å². The van der Waals surface area contributed by atoms with Gasteiger partial charge >= 0.3 is 0 Å². The highest BCUT2D eigenvalue weighted by Crippen LogP contribution is 2.32. The number of hydrogen-bond donors (Lipinski definition) is 1. The lowest BCUT2D eigenvalue weighted by molar-refractivity contribution is 0.285. The van der Waals surface area contributed by atoms with Crippen LogP contribution in [0.2, 0.25) is 0 Å². The number of aromatic nitrogens is 1. The highest BCUT2D eigenvalue weighted by atomic mass is 19.1. The molecule has 0 saturated heterocycles. The molecule has 4 aromatic rings. The molecule has 0 aliphatic carbocycles. The maximum atomic E-state index is 13.2. The number of nitrogens with one attached hydrogen (secondary N) is 1. The van der Waals surface area contributed by atoms with Gasteiger partial charge in [0.2, 0.25) is 0 Å². The number of rotatable bonds is 5. The van der Waals surface area contributed by atoms with Crippen LogP contribution in [0.25, 0.3) is 22.2 Å². The molecule has 3 aromatic carbocycles. The van der Waals surface area contributed by atoms with Crippen molar-refractivity contribution in [3.63, 3.8) is 0 Å². The van der Waals surface area contributed by atoms with Crippen LogP contribution < -0.4 is 14.9 Å². The third kappa shape index (κ3) is 3.60. The Morgan fingerprint density at radius 3 is 2.39 bits per heavy atom. The van der Waals surface area contributed by atoms with Crippen molar-refractivity contribution in [1.29, 1.82) is 0 Å². The van der Waals surface area contributed by atoms with Gasteiger partial charge in [0.15, 0.2) is 16.9 Å². The summed E-state index contributed by atoms with van der Waals surface area (Å²) in [5, 5.41) is 0.495. The summed E-state index contributed by atoms with van der Waals surface area (Å²) in [6, 6.07) is 20.7. The lowest BCUT2D eigenvalue weighted by Crippen LogP contribution is -2.05. The zero-order valence-electron chi connectivity index (χ0n) is 15.2. The first kappa shape index (κ1) is 17.8. The van der Waals surface area contributed by atoms with Gasteiger partial charge in [-0.1, -0.05) is 30.3 Å². The van der Waals surface area contributed by atoms with Gasteiger partial charge in [0.25, 0.3) is 0 Å². The van der Waals surface area contributed by atoms with E-state index in [2.05, 4.69) is 4.98 Å². The van der Waals surface area contributed by atoms with Gasteiger partial charge in [-0.2, -0.15) is 0 Å². The van der Waals surface area contributed by atoms with Crippen LogP contribution in [0, 0.1) is 5.82 Å². The second kappa shape index (κ2) is 7.56. The summed E-state index contributed by atoms with van der Waals surface area (Å²) in [6.07, 6.45) is 0. The molecule has 0 atom stereocenters. The first-order valence-electron chi connectivity index (χ1n) is 8.82. The maximum Gasteiger partial charge on any atom is 0.190 e. The molecular formula is C23H18FNO3. The Morgan fingerprint density at radius 2 is 1.68 bits per heavy atom. The standard InChI is InChI=1S/C23H18FNO3/c1-27-22-11-18-20(13-23(22)28-14-15-5-3-2-4-6-15)25-19(12-21(18)26)16-7-9-17(24)10-8-16/h2-13H,14H2,1H3,(H,25,26). The van der Waals surface area contributed by atoms with E-state index in [9.17, 15) is 9.18 Å². The summed E-state index contributed by atoms with van der Waals surface area (Å²) in [5.41, 5.74) is 2.83. The maximum absolute atomic E-state index is 13.2. The predicted octanol–water partition coefficient (Wildman–Crippen LogP) is 4.92. The average molecular weight is 375 g/mol. The minimum Gasteiger partial charge on any atom is -0.493 e. The van der Waals surface area contributed by atoms with E-state index in [-0.39, 0.29) is 11.2 Å². The molecule has 0 unspecified atom stereocenters. The number of ether oxygens (including phenoxy) is 2. The van der Waals surface area contributed by atoms with Crippen molar-refractivity contribution in [2.24, 2.45) is 0 Å². The zero-order valence-corrected chi connectivity index (χ0v) is 15.2. The Hall–Kier alpha value is -3.60. The Kier molecular flexibility index (Phi) is 4.81. The zero-order chi connectivity index (χ0) is 19.5. The van der Waals surface area contributed by atoms with Crippen molar-refractivity contribution < 1.29 is 13.9 Å². The van der Waals surface area contributed by atoms with Crippen LogP contribution in [0.3, 0.4) is 0 Å². The summed E-state index contributed by atoms with van der Waals surface area (Å²) >= 11 is 0. The third-order valence-corrected chi connectivity index (χ3v) is 4.51. The van der Waals surface area contributed by atoms with Gasteiger partial charge < -0.3 is 14.5 Å². The molecule has 28 heavy (non-hydrogen) atoms. The highest BCUT2D eigenvalue weighted by molar-refractivity contribution is 5.84. The molecule has 0 aliphatic rings. The SMILES string of the molecule is COc1cc2c(=O)cc(-c3ccc(F)cc3)[nH]c2cc1OCc1ccccc1. The van der Waals surface area contributed by atoms with Crippen molar-refractivity contribution in [2.75, 3.05) is 7.11 Å². The smallest absolute Gasteiger partial charge is 0.190 e. The second-order valence-electron chi connectivity index (χ2n) is 6.38. The quantitative estimate of drug-likeness (QED) is 0.539. The largest absolute Gasteiger partial charge is 0.493 e. The predicted molar refractivity (Wildman–Crippen MR) is 107 cm³/mol. The Balaban J connectivity index is 1.75. The molecule has 0 radical (unpaired) electrons. The van der Waals surface area contributed by atoms with Gasteiger partial charge in [-0.3, -0.25) is 4.79 Å². The summed E-state index contributed by atoms with van der Waals surface area (Å²) in [5.74, 6) is 0.697. The van der Waals surface area contributed by atoms with Gasteiger partial charge in [0, 0.05) is 23.2 Å². The molecule has 0 saturated carbocycles. The van der Waals surface area contributed by atoms with Crippen LogP contribution in [-0.2, 0) is 6.61 Å². The van der Waals surface area contributed by atoms with Crippen LogP contribution >= 0.6 is 0 Å². The van der Waals surface area contributed by atoms with E-state index >= 15 is 0 Å². The first-order chi connectivity index (χ1) is 13.6. The second-order valence-corrected chi connectivity index (χ2v) is 6.38. The molecule has 0 spiro atoms. The molecule has 140 valence electrons. The number of hydrogen-bond acceptors (Lipinski definition) is 3. The van der Waals surface area contributed by atoms with Crippen LogP contribution in [0.1, 0.15) is 5.56 Å². The van der Waals surface area contributed by atoms with Crippen molar-refractivity contribution in [3.05, 3.63) is 94.4 Å². The molecule has 4 nitrogen and oxygen atoms in total. The minimum absolute atomic E-state index is 0.152. The number of H-pyrrole nitrogens is 1. The van der Waals surface area contributed by atoms with E-state index in [1.54, 1.807) is 24.3 Å². The van der Waals surface area contributed by atoms with Crippen LogP contribution in [0.5, 0.6) is 11.5 Å². The number of pyridine rings is 1. The first-order valence-corrected chi connectivity index (χ1v) is 8.82. The third-order valence-electron chi connectivity index (χ3n) is 4.51. The van der Waals surface area contributed by atoms with Crippen molar-refractivity contribution >= 4 is 10.9 Å². The highest BCUT2D eigenvalue weighted by Gasteiger charge is 2.12. The topological polar surface area (TPSA) is 51.3 Å². The monoisotopic (exact) mass is 375 g/mol. The van der Waals surface area contributed by atoms with Gasteiger partial charge in [-0.05, 0) is 41.5 Å². The molecule has 5 heteroatoms. The molecule has 0 fully saturated rings. The van der Waals surface area contributed by atoms with Gasteiger partial charge in [-0.25, -0.2) is 4.39 Å². The Bertz CT molecular complexity index is 1170. The Labute approximate surface area is 161 Å². The molecule has 0 aliphatic heterocycles. The van der Waals surface area contributed by atoms with Crippen molar-refractivity contribution in [3.8, 4) is 22.8 Å². The van der Waals surface area contributed by atoms with Gasteiger partial charge in [0.1, 0.15) is 12.4 Å². The van der Waals surface area contributed by atoms with Crippen LogP contribution in [0.4, 0.5) is 4.39 Å². The van der Waals surface area contributed by atoms with Gasteiger partial charge in [0.05, 0.1) is 12.6 Å². The van der Waals surface area contributed by atoms with E-state index in [0.717, 1.165) is 11.1 Å². The molecule has 1 heterocycles. The summed E-state index contributed by atoms with van der Waals surface area (Å²) < 4.78 is 24.5. The fourth-order valence-electron chi connectivity index (χ4n) is 3.05. The number of aromatic amines is 1. The number of fused-ring (bicyclic) bond motifs is 1. The van der Waals surface area contributed by atoms with Gasteiger partial charge in [-0.15, -0.1) is 0 Å². The number of methoxy groups -OCH3 is 1. The normalized spacial score (nSPS) is 10.8. The number of halogens is 1. The van der Waals surface area contributed by atoms with E-state index in [1.165, 1.54) is 25.3 Å². The average Bonchev–Trinajstić information content (AvgIpc) is 2.73. The fourth-order valence-corrected chi connectivity index (χ4v) is 3.05. The van der Waals surface area contributed by atoms with E-state index in [0.29, 0.717) is 34.7 Å². The summed E-state index contributed by atoms with van der Waals surface area (Å²) in [6.45, 7) is 0.380. The molecule has 4 rings (SSSR count). The van der Waals surface area contributed by atoms with Crippen molar-refractivity contribution in [2.45, 2.75) is 6.61 Å². The molecule has 1 aromatic heterocycles. The van der Waals surface area contributed by atoms with Crippen molar-refractivity contribution in [1.82, 2.24) is 4.98 Å². The van der Waals surface area contributed by atoms with Crippen LogP contribution in [0.15, 0.2) is 77.6 Å². The lowest BCUT2D eigenvalue weighted by Gasteiger charge is -2.13. The van der Waals surface area contributed by atoms with E-state index < -0.39 is 0 Å². The number of benzene rings is 3. The van der Waals surface area contributed by atoms with E-state index in [4.69, 9.17) is 9.47 Å². The molecule has 1 N–H and O–H groups in total. The minimum atomic E-state index is -0.326. The molecule has 0 bridgehead atoms. The summed E-state index contributed by atoms with van der Waals surface area (Å²) in [7, 11) is 1.54. The molecular weight excluding hydrogens is 357 g/mol. The Morgan fingerprint density at radius 1 is 0.929 bits per heavy atom. The lowest BCUT2D eigenvalue weighted by atomic mass is 10.1.